The van der Waals surface area contributed by atoms with Crippen LogP contribution in [0.2, 0.25) is 0 Å². The van der Waals surface area contributed by atoms with Crippen LogP contribution >= 0.6 is 24.8 Å². The van der Waals surface area contributed by atoms with Crippen molar-refractivity contribution in [2.24, 2.45) is 5.73 Å². The number of hydrogen-bond acceptors (Lipinski definition) is 3. The first-order valence-corrected chi connectivity index (χ1v) is 5.62. The van der Waals surface area contributed by atoms with Crippen LogP contribution in [0.4, 0.5) is 5.69 Å². The van der Waals surface area contributed by atoms with E-state index in [1.807, 2.05) is 0 Å². The highest BCUT2D eigenvalue weighted by Crippen LogP contribution is 2.14. The molecule has 0 saturated carbocycles. The zero-order valence-electron chi connectivity index (χ0n) is 9.92. The van der Waals surface area contributed by atoms with Crippen LogP contribution in [-0.2, 0) is 0 Å². The van der Waals surface area contributed by atoms with E-state index in [2.05, 4.69) is 40.1 Å². The van der Waals surface area contributed by atoms with Crippen LogP contribution < -0.4 is 10.6 Å². The Morgan fingerprint density at radius 2 is 1.53 bits per heavy atom. The molecule has 1 aliphatic heterocycles. The molecule has 98 valence electrons. The normalized spacial score (nSPS) is 15.9. The first-order chi connectivity index (χ1) is 7.40. The average molecular weight is 278 g/mol. The van der Waals surface area contributed by atoms with E-state index in [-0.39, 0.29) is 24.8 Å². The standard InChI is InChI=1S/C12H19N3.2ClH/c13-6-7-14-8-10-15(11-9-14)12-4-2-1-3-5-12;;/h1-5H,6-11,13H2;2*1H. The van der Waals surface area contributed by atoms with E-state index in [0.29, 0.717) is 0 Å². The number of piperazine rings is 1. The number of nitrogens with two attached hydrogens (primary N) is 1. The Bertz CT molecular complexity index is 287. The van der Waals surface area contributed by atoms with Crippen molar-refractivity contribution in [3.8, 4) is 0 Å². The van der Waals surface area contributed by atoms with Crippen LogP contribution in [0.5, 0.6) is 0 Å². The van der Waals surface area contributed by atoms with Crippen LogP contribution in [0, 0.1) is 0 Å². The second-order valence-electron chi connectivity index (χ2n) is 3.95. The summed E-state index contributed by atoms with van der Waals surface area (Å²) in [7, 11) is 0. The summed E-state index contributed by atoms with van der Waals surface area (Å²) >= 11 is 0. The molecule has 0 aromatic heterocycles. The molecule has 1 aliphatic rings. The number of halogens is 2. The molecule has 0 bridgehead atoms. The highest BCUT2D eigenvalue weighted by molar-refractivity contribution is 5.85. The quantitative estimate of drug-likeness (QED) is 0.911. The van der Waals surface area contributed by atoms with Crippen molar-refractivity contribution in [2.75, 3.05) is 44.2 Å². The molecule has 0 aliphatic carbocycles. The Morgan fingerprint density at radius 1 is 0.941 bits per heavy atom. The maximum atomic E-state index is 5.55. The van der Waals surface area contributed by atoms with Crippen molar-refractivity contribution in [3.63, 3.8) is 0 Å². The minimum absolute atomic E-state index is 0. The predicted octanol–water partition coefficient (Wildman–Crippen LogP) is 1.61. The van der Waals surface area contributed by atoms with Crippen molar-refractivity contribution >= 4 is 30.5 Å². The lowest BCUT2D eigenvalue weighted by molar-refractivity contribution is 0.265. The fraction of sp³-hybridized carbons (Fsp3) is 0.500. The molecule has 0 atom stereocenters. The maximum Gasteiger partial charge on any atom is 0.0367 e. The van der Waals surface area contributed by atoms with Gasteiger partial charge in [0, 0.05) is 45.0 Å². The molecule has 0 amide bonds. The zero-order chi connectivity index (χ0) is 10.5. The second kappa shape index (κ2) is 8.59. The summed E-state index contributed by atoms with van der Waals surface area (Å²) in [6.45, 7) is 6.29. The summed E-state index contributed by atoms with van der Waals surface area (Å²) in [4.78, 5) is 4.87. The van der Waals surface area contributed by atoms with Gasteiger partial charge in [-0.2, -0.15) is 0 Å². The molecule has 1 saturated heterocycles. The fourth-order valence-electron chi connectivity index (χ4n) is 2.05. The van der Waals surface area contributed by atoms with Crippen molar-refractivity contribution in [2.45, 2.75) is 0 Å². The van der Waals surface area contributed by atoms with Gasteiger partial charge in [0.1, 0.15) is 0 Å². The minimum Gasteiger partial charge on any atom is -0.369 e. The van der Waals surface area contributed by atoms with Gasteiger partial charge >= 0.3 is 0 Å². The Labute approximate surface area is 116 Å². The van der Waals surface area contributed by atoms with Gasteiger partial charge in [-0.15, -0.1) is 24.8 Å². The number of anilines is 1. The third-order valence-corrected chi connectivity index (χ3v) is 2.94. The van der Waals surface area contributed by atoms with E-state index < -0.39 is 0 Å². The molecule has 0 radical (unpaired) electrons. The first-order valence-electron chi connectivity index (χ1n) is 5.62. The van der Waals surface area contributed by atoms with Gasteiger partial charge in [0.2, 0.25) is 0 Å². The summed E-state index contributed by atoms with van der Waals surface area (Å²) in [5.41, 5.74) is 6.89. The lowest BCUT2D eigenvalue weighted by Crippen LogP contribution is -2.47. The summed E-state index contributed by atoms with van der Waals surface area (Å²) in [5.74, 6) is 0. The molecular weight excluding hydrogens is 257 g/mol. The van der Waals surface area contributed by atoms with E-state index in [1.165, 1.54) is 5.69 Å². The highest BCUT2D eigenvalue weighted by atomic mass is 35.5. The van der Waals surface area contributed by atoms with Gasteiger partial charge in [0.05, 0.1) is 0 Å². The van der Waals surface area contributed by atoms with Crippen LogP contribution in [0.15, 0.2) is 30.3 Å². The van der Waals surface area contributed by atoms with Crippen LogP contribution in [0.25, 0.3) is 0 Å². The number of nitrogens with zero attached hydrogens (tertiary/aromatic N) is 2. The Hall–Kier alpha value is -0.480. The molecule has 17 heavy (non-hydrogen) atoms. The van der Waals surface area contributed by atoms with Gasteiger partial charge in [-0.05, 0) is 12.1 Å². The fourth-order valence-corrected chi connectivity index (χ4v) is 2.05. The average Bonchev–Trinajstić information content (AvgIpc) is 2.32. The van der Waals surface area contributed by atoms with E-state index in [4.69, 9.17) is 5.73 Å². The smallest absolute Gasteiger partial charge is 0.0367 e. The summed E-state index contributed by atoms with van der Waals surface area (Å²) in [6.07, 6.45) is 0. The van der Waals surface area contributed by atoms with E-state index in [1.54, 1.807) is 0 Å². The van der Waals surface area contributed by atoms with Gasteiger partial charge in [0.25, 0.3) is 0 Å². The van der Waals surface area contributed by atoms with E-state index in [0.717, 1.165) is 39.3 Å². The molecular formula is C12H21Cl2N3. The van der Waals surface area contributed by atoms with Crippen molar-refractivity contribution in [1.29, 1.82) is 0 Å². The van der Waals surface area contributed by atoms with Crippen molar-refractivity contribution < 1.29 is 0 Å². The highest BCUT2D eigenvalue weighted by Gasteiger charge is 2.15. The molecule has 0 spiro atoms. The Balaban J connectivity index is 0.00000128. The number of benzene rings is 1. The number of para-hydroxylation sites is 1. The van der Waals surface area contributed by atoms with E-state index >= 15 is 0 Å². The molecule has 1 aromatic carbocycles. The largest absolute Gasteiger partial charge is 0.369 e. The van der Waals surface area contributed by atoms with Gasteiger partial charge in [-0.25, -0.2) is 0 Å². The van der Waals surface area contributed by atoms with Gasteiger partial charge in [-0.3, -0.25) is 4.90 Å². The van der Waals surface area contributed by atoms with Crippen LogP contribution in [0.1, 0.15) is 0 Å². The number of hydrogen-bond donors (Lipinski definition) is 1. The first kappa shape index (κ1) is 16.5. The lowest BCUT2D eigenvalue weighted by atomic mass is 10.2. The molecule has 2 rings (SSSR count). The SMILES string of the molecule is Cl.Cl.NCCN1CCN(c2ccccc2)CC1. The Morgan fingerprint density at radius 3 is 2.06 bits per heavy atom. The molecule has 2 N–H and O–H groups in total. The Kier molecular flexibility index (Phi) is 8.35. The summed E-state index contributed by atoms with van der Waals surface area (Å²) < 4.78 is 0. The molecule has 0 unspecified atom stereocenters. The molecule has 3 nitrogen and oxygen atoms in total. The zero-order valence-corrected chi connectivity index (χ0v) is 11.6. The van der Waals surface area contributed by atoms with Crippen molar-refractivity contribution in [3.05, 3.63) is 30.3 Å². The molecule has 1 fully saturated rings. The van der Waals surface area contributed by atoms with Crippen LogP contribution in [-0.4, -0.2) is 44.2 Å². The van der Waals surface area contributed by atoms with Crippen LogP contribution in [0.3, 0.4) is 0 Å². The predicted molar refractivity (Wildman–Crippen MR) is 78.6 cm³/mol. The van der Waals surface area contributed by atoms with Crippen molar-refractivity contribution in [1.82, 2.24) is 4.90 Å². The maximum absolute atomic E-state index is 5.55. The third-order valence-electron chi connectivity index (χ3n) is 2.94. The third kappa shape index (κ3) is 4.72. The molecule has 1 aromatic rings. The monoisotopic (exact) mass is 277 g/mol. The van der Waals surface area contributed by atoms with Gasteiger partial charge in [0.15, 0.2) is 0 Å². The minimum atomic E-state index is 0. The second-order valence-corrected chi connectivity index (χ2v) is 3.95. The number of rotatable bonds is 3. The molecule has 5 heteroatoms. The lowest BCUT2D eigenvalue weighted by Gasteiger charge is -2.35. The summed E-state index contributed by atoms with van der Waals surface area (Å²) in [6, 6.07) is 10.6. The van der Waals surface area contributed by atoms with Gasteiger partial charge in [-0.1, -0.05) is 18.2 Å². The molecule has 1 heterocycles. The summed E-state index contributed by atoms with van der Waals surface area (Å²) in [5, 5.41) is 0. The van der Waals surface area contributed by atoms with E-state index in [9.17, 15) is 0 Å². The van der Waals surface area contributed by atoms with Gasteiger partial charge < -0.3 is 10.6 Å². The topological polar surface area (TPSA) is 32.5 Å².